The summed E-state index contributed by atoms with van der Waals surface area (Å²) in [6.45, 7) is 3.76. The molecule has 0 saturated heterocycles. The van der Waals surface area contributed by atoms with Crippen LogP contribution in [0.3, 0.4) is 0 Å². The smallest absolute Gasteiger partial charge is 0.341 e. The van der Waals surface area contributed by atoms with Crippen LogP contribution in [-0.2, 0) is 6.42 Å². The molecular formula is C14H14N2O3. The van der Waals surface area contributed by atoms with E-state index >= 15 is 0 Å². The van der Waals surface area contributed by atoms with Gasteiger partial charge in [0, 0.05) is 0 Å². The van der Waals surface area contributed by atoms with Crippen molar-refractivity contribution in [1.29, 1.82) is 0 Å². The highest BCUT2D eigenvalue weighted by atomic mass is 16.4. The van der Waals surface area contributed by atoms with Crippen LogP contribution in [0.15, 0.2) is 35.3 Å². The van der Waals surface area contributed by atoms with Crippen LogP contribution in [0.1, 0.15) is 28.5 Å². The number of carboxylic acids is 1. The third kappa shape index (κ3) is 2.40. The standard InChI is InChI=1S/C14H14N2O3/c1-3-11-13(14(18)19)12(17)8-15-16(11)10-6-4-9(2)5-7-10/h4-8H,3H2,1-2H3,(H,18,19). The summed E-state index contributed by atoms with van der Waals surface area (Å²) in [7, 11) is 0. The Kier molecular flexibility index (Phi) is 3.46. The Morgan fingerprint density at radius 2 is 1.95 bits per heavy atom. The van der Waals surface area contributed by atoms with Crippen LogP contribution < -0.4 is 5.43 Å². The lowest BCUT2D eigenvalue weighted by atomic mass is 10.1. The zero-order valence-electron chi connectivity index (χ0n) is 10.8. The van der Waals surface area contributed by atoms with Crippen molar-refractivity contribution in [2.75, 3.05) is 0 Å². The number of carbonyl (C=O) groups is 1. The molecule has 1 N–H and O–H groups in total. The van der Waals surface area contributed by atoms with Gasteiger partial charge in [-0.05, 0) is 25.5 Å². The zero-order chi connectivity index (χ0) is 14.0. The van der Waals surface area contributed by atoms with Crippen LogP contribution in [0.4, 0.5) is 0 Å². The molecule has 5 heteroatoms. The number of nitrogens with zero attached hydrogens (tertiary/aromatic N) is 2. The fraction of sp³-hybridized carbons (Fsp3) is 0.214. The van der Waals surface area contributed by atoms with E-state index in [2.05, 4.69) is 5.10 Å². The Morgan fingerprint density at radius 3 is 2.47 bits per heavy atom. The first-order valence-electron chi connectivity index (χ1n) is 5.96. The van der Waals surface area contributed by atoms with Crippen LogP contribution in [0.5, 0.6) is 0 Å². The second-order valence-corrected chi connectivity index (χ2v) is 4.24. The third-order valence-corrected chi connectivity index (χ3v) is 2.91. The normalized spacial score (nSPS) is 10.4. The molecule has 98 valence electrons. The molecule has 0 aliphatic carbocycles. The molecule has 0 amide bonds. The molecule has 0 atom stereocenters. The molecule has 0 spiro atoms. The van der Waals surface area contributed by atoms with Gasteiger partial charge in [-0.15, -0.1) is 0 Å². The van der Waals surface area contributed by atoms with Crippen molar-refractivity contribution < 1.29 is 9.90 Å². The molecule has 19 heavy (non-hydrogen) atoms. The summed E-state index contributed by atoms with van der Waals surface area (Å²) in [6, 6.07) is 7.51. The number of hydrogen-bond donors (Lipinski definition) is 1. The van der Waals surface area contributed by atoms with Crippen molar-refractivity contribution in [3.63, 3.8) is 0 Å². The zero-order valence-corrected chi connectivity index (χ0v) is 10.8. The summed E-state index contributed by atoms with van der Waals surface area (Å²) in [6.07, 6.45) is 1.46. The lowest BCUT2D eigenvalue weighted by Gasteiger charge is -2.12. The summed E-state index contributed by atoms with van der Waals surface area (Å²) in [5, 5.41) is 13.2. The predicted octanol–water partition coefficient (Wildman–Crippen LogP) is 1.80. The second-order valence-electron chi connectivity index (χ2n) is 4.24. The van der Waals surface area contributed by atoms with Crippen molar-refractivity contribution in [3.05, 3.63) is 57.5 Å². The van der Waals surface area contributed by atoms with Gasteiger partial charge in [0.1, 0.15) is 5.56 Å². The minimum Gasteiger partial charge on any atom is -0.477 e. The highest BCUT2D eigenvalue weighted by molar-refractivity contribution is 5.88. The van der Waals surface area contributed by atoms with E-state index in [1.807, 2.05) is 31.2 Å². The maximum Gasteiger partial charge on any atom is 0.341 e. The fourth-order valence-electron chi connectivity index (χ4n) is 1.96. The summed E-state index contributed by atoms with van der Waals surface area (Å²) in [5.74, 6) is -1.22. The topological polar surface area (TPSA) is 72.2 Å². The average Bonchev–Trinajstić information content (AvgIpc) is 2.39. The van der Waals surface area contributed by atoms with Crippen LogP contribution >= 0.6 is 0 Å². The number of rotatable bonds is 3. The van der Waals surface area contributed by atoms with E-state index in [4.69, 9.17) is 5.11 Å². The first kappa shape index (κ1) is 13.0. The van der Waals surface area contributed by atoms with Crippen molar-refractivity contribution in [2.24, 2.45) is 0 Å². The molecular weight excluding hydrogens is 244 g/mol. The van der Waals surface area contributed by atoms with E-state index in [0.717, 1.165) is 17.4 Å². The summed E-state index contributed by atoms with van der Waals surface area (Å²) in [5.41, 5.74) is 1.47. The molecule has 2 rings (SSSR count). The number of aromatic nitrogens is 2. The van der Waals surface area contributed by atoms with E-state index in [-0.39, 0.29) is 5.56 Å². The molecule has 1 aromatic carbocycles. The summed E-state index contributed by atoms with van der Waals surface area (Å²) in [4.78, 5) is 22.8. The molecule has 1 aromatic heterocycles. The van der Waals surface area contributed by atoms with Crippen LogP contribution in [0, 0.1) is 6.92 Å². The lowest BCUT2D eigenvalue weighted by molar-refractivity contribution is 0.0693. The van der Waals surface area contributed by atoms with Gasteiger partial charge >= 0.3 is 5.97 Å². The van der Waals surface area contributed by atoms with Crippen molar-refractivity contribution >= 4 is 5.97 Å². The Bertz CT molecular complexity index is 672. The molecule has 0 aliphatic heterocycles. The molecule has 2 aromatic rings. The molecule has 0 aliphatic rings. The van der Waals surface area contributed by atoms with Crippen molar-refractivity contribution in [2.45, 2.75) is 20.3 Å². The number of aromatic carboxylic acids is 1. The Balaban J connectivity index is 2.71. The highest BCUT2D eigenvalue weighted by Gasteiger charge is 2.17. The summed E-state index contributed by atoms with van der Waals surface area (Å²) >= 11 is 0. The SMILES string of the molecule is CCc1c(C(=O)O)c(=O)cnn1-c1ccc(C)cc1. The fourth-order valence-corrected chi connectivity index (χ4v) is 1.96. The number of hydrogen-bond acceptors (Lipinski definition) is 3. The third-order valence-electron chi connectivity index (χ3n) is 2.91. The Hall–Kier alpha value is -2.43. The Labute approximate surface area is 110 Å². The van der Waals surface area contributed by atoms with E-state index in [1.54, 1.807) is 6.92 Å². The van der Waals surface area contributed by atoms with E-state index in [9.17, 15) is 9.59 Å². The molecule has 5 nitrogen and oxygen atoms in total. The highest BCUT2D eigenvalue weighted by Crippen LogP contribution is 2.13. The lowest BCUT2D eigenvalue weighted by Crippen LogP contribution is -2.23. The quantitative estimate of drug-likeness (QED) is 0.911. The van der Waals surface area contributed by atoms with Gasteiger partial charge in [0.15, 0.2) is 0 Å². The first-order chi connectivity index (χ1) is 9.04. The van der Waals surface area contributed by atoms with E-state index in [1.165, 1.54) is 4.68 Å². The van der Waals surface area contributed by atoms with Gasteiger partial charge < -0.3 is 5.11 Å². The summed E-state index contributed by atoms with van der Waals surface area (Å²) < 4.78 is 1.50. The average molecular weight is 258 g/mol. The van der Waals surface area contributed by atoms with Gasteiger partial charge in [0.05, 0.1) is 17.6 Å². The molecule has 1 heterocycles. The van der Waals surface area contributed by atoms with Crippen LogP contribution in [0.25, 0.3) is 5.69 Å². The molecule has 0 saturated carbocycles. The van der Waals surface area contributed by atoms with Crippen LogP contribution in [-0.4, -0.2) is 20.9 Å². The van der Waals surface area contributed by atoms with Crippen molar-refractivity contribution in [3.8, 4) is 5.69 Å². The molecule has 0 fully saturated rings. The van der Waals surface area contributed by atoms with Crippen LogP contribution in [0.2, 0.25) is 0 Å². The van der Waals surface area contributed by atoms with Gasteiger partial charge in [-0.2, -0.15) is 5.10 Å². The maximum atomic E-state index is 11.6. The predicted molar refractivity (Wildman–Crippen MR) is 70.9 cm³/mol. The molecule has 0 radical (unpaired) electrons. The molecule has 0 bridgehead atoms. The number of carboxylic acid groups (broad SMARTS) is 1. The largest absolute Gasteiger partial charge is 0.477 e. The van der Waals surface area contributed by atoms with Gasteiger partial charge in [-0.25, -0.2) is 9.48 Å². The van der Waals surface area contributed by atoms with Gasteiger partial charge in [-0.1, -0.05) is 24.6 Å². The van der Waals surface area contributed by atoms with Gasteiger partial charge in [0.2, 0.25) is 5.43 Å². The minimum atomic E-state index is -1.22. The maximum absolute atomic E-state index is 11.6. The Morgan fingerprint density at radius 1 is 1.32 bits per heavy atom. The van der Waals surface area contributed by atoms with Crippen molar-refractivity contribution in [1.82, 2.24) is 9.78 Å². The van der Waals surface area contributed by atoms with E-state index < -0.39 is 11.4 Å². The van der Waals surface area contributed by atoms with Gasteiger partial charge in [0.25, 0.3) is 0 Å². The first-order valence-corrected chi connectivity index (χ1v) is 5.96. The number of aryl methyl sites for hydroxylation is 1. The number of benzene rings is 1. The van der Waals surface area contributed by atoms with Gasteiger partial charge in [-0.3, -0.25) is 4.79 Å². The molecule has 0 unspecified atom stereocenters. The second kappa shape index (κ2) is 5.06. The monoisotopic (exact) mass is 258 g/mol. The van der Waals surface area contributed by atoms with E-state index in [0.29, 0.717) is 12.1 Å². The minimum absolute atomic E-state index is 0.210.